The molecule has 0 radical (unpaired) electrons. The number of ketones is 1. The molecule has 1 aliphatic heterocycles. The number of hydrogen-bond donors (Lipinski definition) is 2. The fraction of sp³-hybridized carbons (Fsp3) is 0.391. The van der Waals surface area contributed by atoms with Crippen LogP contribution in [0.4, 0.5) is 11.5 Å². The van der Waals surface area contributed by atoms with E-state index in [-0.39, 0.29) is 23.8 Å². The highest BCUT2D eigenvalue weighted by Crippen LogP contribution is 2.41. The van der Waals surface area contributed by atoms with Gasteiger partial charge < -0.3 is 15.4 Å². The van der Waals surface area contributed by atoms with Gasteiger partial charge >= 0.3 is 0 Å². The maximum absolute atomic E-state index is 12.6. The van der Waals surface area contributed by atoms with Crippen LogP contribution in [-0.2, 0) is 16.1 Å². The van der Waals surface area contributed by atoms with Crippen LogP contribution in [0.1, 0.15) is 31.1 Å². The summed E-state index contributed by atoms with van der Waals surface area (Å²) in [4.78, 5) is 21.4. The molecule has 0 aliphatic carbocycles. The van der Waals surface area contributed by atoms with Gasteiger partial charge in [0.1, 0.15) is 11.6 Å². The molecule has 1 aliphatic rings. The van der Waals surface area contributed by atoms with Crippen molar-refractivity contribution < 1.29 is 9.53 Å². The minimum absolute atomic E-state index is 0.0106. The second-order valence-corrected chi connectivity index (χ2v) is 8.02. The van der Waals surface area contributed by atoms with Crippen molar-refractivity contribution >= 4 is 17.3 Å². The lowest BCUT2D eigenvalue weighted by Gasteiger charge is -2.38. The van der Waals surface area contributed by atoms with Crippen LogP contribution >= 0.6 is 0 Å². The summed E-state index contributed by atoms with van der Waals surface area (Å²) in [7, 11) is 1.68. The number of rotatable bonds is 7. The van der Waals surface area contributed by atoms with E-state index in [1.165, 1.54) is 0 Å². The zero-order valence-corrected chi connectivity index (χ0v) is 18.3. The van der Waals surface area contributed by atoms with Gasteiger partial charge in [0, 0.05) is 30.6 Å². The molecule has 1 unspecified atom stereocenters. The van der Waals surface area contributed by atoms with Crippen molar-refractivity contribution in [3.63, 3.8) is 0 Å². The molecule has 4 rings (SSSR count). The molecule has 0 fully saturated rings. The predicted molar refractivity (Wildman–Crippen MR) is 120 cm³/mol. The number of methoxy groups -OCH3 is 1. The van der Waals surface area contributed by atoms with Gasteiger partial charge in [-0.2, -0.15) is 5.10 Å². The Balaban J connectivity index is 1.71. The number of ether oxygens (including phenoxy) is 1. The SMILES string of the molecule is COCCn1cc(-c2ccc3c(c2)[C@H](Nc2cnc(C)cn2)C(C(C)=O)[C@H](C)N3)cn1. The first-order valence-electron chi connectivity index (χ1n) is 10.4. The lowest BCUT2D eigenvalue weighted by atomic mass is 9.80. The molecule has 162 valence electrons. The van der Waals surface area contributed by atoms with Crippen molar-refractivity contribution in [1.29, 1.82) is 0 Å². The van der Waals surface area contributed by atoms with Gasteiger partial charge in [-0.1, -0.05) is 6.07 Å². The third kappa shape index (κ3) is 4.44. The van der Waals surface area contributed by atoms with E-state index in [4.69, 9.17) is 4.74 Å². The van der Waals surface area contributed by atoms with Gasteiger partial charge in [0.15, 0.2) is 0 Å². The lowest BCUT2D eigenvalue weighted by molar-refractivity contribution is -0.121. The van der Waals surface area contributed by atoms with Crippen LogP contribution in [0, 0.1) is 12.8 Å². The molecule has 2 N–H and O–H groups in total. The van der Waals surface area contributed by atoms with Crippen LogP contribution in [0.5, 0.6) is 0 Å². The Hall–Kier alpha value is -3.26. The lowest BCUT2D eigenvalue weighted by Crippen LogP contribution is -2.42. The number of nitrogens with one attached hydrogen (secondary N) is 2. The van der Waals surface area contributed by atoms with E-state index in [9.17, 15) is 4.79 Å². The molecular formula is C23H28N6O2. The molecule has 0 saturated carbocycles. The summed E-state index contributed by atoms with van der Waals surface area (Å²) in [5.74, 6) is 0.538. The van der Waals surface area contributed by atoms with E-state index >= 15 is 0 Å². The molecule has 2 aromatic heterocycles. The maximum atomic E-state index is 12.6. The summed E-state index contributed by atoms with van der Waals surface area (Å²) in [6.07, 6.45) is 7.30. The standard InChI is InChI=1S/C23H28N6O2/c1-14-10-25-21(12-24-14)28-23-19-9-17(18-11-26-29(13-18)7-8-31-4)5-6-20(19)27-15(2)22(23)16(3)30/h5-6,9-13,15,22-23,27H,7-8H2,1-4H3,(H,25,28)/t15-,22?,23-/m0/s1. The summed E-state index contributed by atoms with van der Waals surface area (Å²) < 4.78 is 7.01. The van der Waals surface area contributed by atoms with Gasteiger partial charge in [-0.05, 0) is 44.0 Å². The average molecular weight is 421 g/mol. The van der Waals surface area contributed by atoms with E-state index in [0.717, 1.165) is 28.1 Å². The number of aryl methyl sites for hydroxylation is 1. The normalized spacial score (nSPS) is 20.1. The summed E-state index contributed by atoms with van der Waals surface area (Å²) in [5, 5.41) is 11.4. The molecule has 3 heterocycles. The molecule has 31 heavy (non-hydrogen) atoms. The average Bonchev–Trinajstić information content (AvgIpc) is 3.22. The summed E-state index contributed by atoms with van der Waals surface area (Å²) in [6, 6.07) is 6.04. The first-order valence-corrected chi connectivity index (χ1v) is 10.4. The topological polar surface area (TPSA) is 94.0 Å². The molecular weight excluding hydrogens is 392 g/mol. The number of benzene rings is 1. The van der Waals surface area contributed by atoms with Crippen LogP contribution < -0.4 is 10.6 Å². The second-order valence-electron chi connectivity index (χ2n) is 8.02. The number of aromatic nitrogens is 4. The highest BCUT2D eigenvalue weighted by Gasteiger charge is 2.37. The maximum Gasteiger partial charge on any atom is 0.144 e. The Labute approximate surface area is 182 Å². The van der Waals surface area contributed by atoms with Gasteiger partial charge in [-0.25, -0.2) is 4.98 Å². The largest absolute Gasteiger partial charge is 0.383 e. The van der Waals surface area contributed by atoms with Crippen molar-refractivity contribution in [2.75, 3.05) is 24.4 Å². The molecule has 8 heteroatoms. The van der Waals surface area contributed by atoms with Crippen molar-refractivity contribution in [2.24, 2.45) is 5.92 Å². The number of hydrogen-bond acceptors (Lipinski definition) is 7. The molecule has 8 nitrogen and oxygen atoms in total. The fourth-order valence-corrected chi connectivity index (χ4v) is 4.15. The van der Waals surface area contributed by atoms with E-state index in [0.29, 0.717) is 19.0 Å². The smallest absolute Gasteiger partial charge is 0.144 e. The quantitative estimate of drug-likeness (QED) is 0.604. The number of fused-ring (bicyclic) bond motifs is 1. The number of anilines is 2. The minimum atomic E-state index is -0.240. The summed E-state index contributed by atoms with van der Waals surface area (Å²) >= 11 is 0. The van der Waals surface area contributed by atoms with Gasteiger partial charge in [-0.15, -0.1) is 0 Å². The van der Waals surface area contributed by atoms with Crippen LogP contribution in [0.2, 0.25) is 0 Å². The van der Waals surface area contributed by atoms with Gasteiger partial charge in [0.2, 0.25) is 0 Å². The van der Waals surface area contributed by atoms with Crippen molar-refractivity contribution in [3.05, 3.63) is 54.2 Å². The highest BCUT2D eigenvalue weighted by molar-refractivity contribution is 5.83. The predicted octanol–water partition coefficient (Wildman–Crippen LogP) is 3.47. The molecule has 1 aromatic carbocycles. The van der Waals surface area contributed by atoms with Gasteiger partial charge in [-0.3, -0.25) is 14.5 Å². The molecule has 0 bridgehead atoms. The Kier molecular flexibility index (Phi) is 5.99. The Morgan fingerprint density at radius 1 is 1.23 bits per heavy atom. The first kappa shape index (κ1) is 21.0. The van der Waals surface area contributed by atoms with Crippen LogP contribution in [0.25, 0.3) is 11.1 Å². The van der Waals surface area contributed by atoms with E-state index in [1.54, 1.807) is 26.4 Å². The molecule has 3 atom stereocenters. The first-order chi connectivity index (χ1) is 15.0. The van der Waals surface area contributed by atoms with E-state index in [2.05, 4.69) is 43.9 Å². The number of nitrogens with zero attached hydrogens (tertiary/aromatic N) is 4. The zero-order valence-electron chi connectivity index (χ0n) is 18.3. The molecule has 3 aromatic rings. The van der Waals surface area contributed by atoms with Crippen molar-refractivity contribution in [1.82, 2.24) is 19.7 Å². The zero-order chi connectivity index (χ0) is 22.0. The number of Topliss-reactive ketones (excluding diaryl/α,β-unsaturated/α-hetero) is 1. The Morgan fingerprint density at radius 3 is 2.77 bits per heavy atom. The third-order valence-corrected chi connectivity index (χ3v) is 5.71. The Morgan fingerprint density at radius 2 is 2.06 bits per heavy atom. The van der Waals surface area contributed by atoms with Gasteiger partial charge in [0.25, 0.3) is 0 Å². The Bertz CT molecular complexity index is 1060. The second kappa shape index (κ2) is 8.85. The monoisotopic (exact) mass is 420 g/mol. The van der Waals surface area contributed by atoms with Crippen LogP contribution in [0.15, 0.2) is 43.0 Å². The van der Waals surface area contributed by atoms with Crippen LogP contribution in [-0.4, -0.2) is 45.3 Å². The molecule has 0 amide bonds. The highest BCUT2D eigenvalue weighted by atomic mass is 16.5. The van der Waals surface area contributed by atoms with E-state index < -0.39 is 0 Å². The third-order valence-electron chi connectivity index (χ3n) is 5.71. The van der Waals surface area contributed by atoms with Crippen molar-refractivity contribution in [3.8, 4) is 11.1 Å². The summed E-state index contributed by atoms with van der Waals surface area (Å²) in [6.45, 7) is 6.89. The molecule has 0 saturated heterocycles. The molecule has 0 spiro atoms. The fourth-order valence-electron chi connectivity index (χ4n) is 4.15. The van der Waals surface area contributed by atoms with Crippen LogP contribution in [0.3, 0.4) is 0 Å². The minimum Gasteiger partial charge on any atom is -0.383 e. The van der Waals surface area contributed by atoms with Crippen molar-refractivity contribution in [2.45, 2.75) is 39.4 Å². The number of carbonyl (C=O) groups is 1. The number of carbonyl (C=O) groups excluding carboxylic acids is 1. The van der Waals surface area contributed by atoms with E-state index in [1.807, 2.05) is 30.9 Å². The van der Waals surface area contributed by atoms with Gasteiger partial charge in [0.05, 0.1) is 49.4 Å². The summed E-state index contributed by atoms with van der Waals surface area (Å²) in [5.41, 5.74) is 4.95.